The molecule has 0 radical (unpaired) electrons. The van der Waals surface area contributed by atoms with Gasteiger partial charge in [-0.15, -0.1) is 0 Å². The maximum atomic E-state index is 12.3. The van der Waals surface area contributed by atoms with Gasteiger partial charge in [0.2, 0.25) is 5.91 Å². The van der Waals surface area contributed by atoms with E-state index in [0.29, 0.717) is 6.42 Å². The summed E-state index contributed by atoms with van der Waals surface area (Å²) in [5, 5.41) is 34.7. The van der Waals surface area contributed by atoms with Gasteiger partial charge in [-0.3, -0.25) is 9.36 Å². The molecular formula is C24H42N4O6. The minimum atomic E-state index is -1.36. The molecule has 4 atom stereocenters. The van der Waals surface area contributed by atoms with E-state index in [0.717, 1.165) is 23.8 Å². The molecule has 10 heteroatoms. The van der Waals surface area contributed by atoms with Gasteiger partial charge in [-0.2, -0.15) is 4.98 Å². The van der Waals surface area contributed by atoms with E-state index in [-0.39, 0.29) is 18.4 Å². The number of unbranched alkanes of at least 4 members (excludes halogenated alkanes) is 10. The first kappa shape index (κ1) is 28.2. The number of aliphatic hydroxyl groups is 3. The molecule has 10 nitrogen and oxygen atoms in total. The van der Waals surface area contributed by atoms with Gasteiger partial charge in [0.1, 0.15) is 24.1 Å². The Balaban J connectivity index is 1.57. The summed E-state index contributed by atoms with van der Waals surface area (Å²) in [6, 6.07) is 1.51. The van der Waals surface area contributed by atoms with Gasteiger partial charge in [0.05, 0.1) is 13.3 Å². The molecule has 1 aliphatic heterocycles. The van der Waals surface area contributed by atoms with Crippen LogP contribution in [0.1, 0.15) is 90.2 Å². The molecule has 5 N–H and O–H groups in total. The highest BCUT2D eigenvalue weighted by atomic mass is 16.6. The van der Waals surface area contributed by atoms with Crippen molar-refractivity contribution in [2.24, 2.45) is 0 Å². The van der Waals surface area contributed by atoms with Crippen molar-refractivity contribution in [3.05, 3.63) is 22.7 Å². The zero-order valence-electron chi connectivity index (χ0n) is 20.3. The molecule has 0 aromatic carbocycles. The number of nitrogens with one attached hydrogen (secondary N) is 2. The monoisotopic (exact) mass is 482 g/mol. The standard InChI is InChI=1S/C24H42N4O6/c1-2-3-4-5-6-7-8-9-10-11-12-13-20(30)26-17-25-19-14-15-28(24(33)27-19)23-22(32)21(31)18(16-29)34-23/h14-15,18,21-23,29,31-32H,2-13,16-17H2,1H3,(H,26,30)(H,25,27,33)/t18-,21-,22+,23-/m1/s1. The summed E-state index contributed by atoms with van der Waals surface area (Å²) in [4.78, 5) is 28.1. The molecule has 1 amide bonds. The number of hydrogen-bond acceptors (Lipinski definition) is 8. The molecular weight excluding hydrogens is 440 g/mol. The van der Waals surface area contributed by atoms with E-state index in [2.05, 4.69) is 22.5 Å². The van der Waals surface area contributed by atoms with Crippen LogP contribution < -0.4 is 16.3 Å². The highest BCUT2D eigenvalue weighted by Crippen LogP contribution is 2.28. The summed E-state index contributed by atoms with van der Waals surface area (Å²) in [6.07, 6.45) is 10.7. The van der Waals surface area contributed by atoms with Gasteiger partial charge in [-0.05, 0) is 12.5 Å². The third-order valence-electron chi connectivity index (χ3n) is 6.18. The molecule has 0 bridgehead atoms. The van der Waals surface area contributed by atoms with Crippen LogP contribution in [-0.4, -0.2) is 62.4 Å². The van der Waals surface area contributed by atoms with E-state index in [9.17, 15) is 24.9 Å². The van der Waals surface area contributed by atoms with Crippen molar-refractivity contribution in [2.75, 3.05) is 18.6 Å². The molecule has 2 heterocycles. The summed E-state index contributed by atoms with van der Waals surface area (Å²) in [6.45, 7) is 1.90. The van der Waals surface area contributed by atoms with Gasteiger partial charge in [0, 0.05) is 12.6 Å². The average Bonchev–Trinajstić information content (AvgIpc) is 3.11. The third kappa shape index (κ3) is 9.32. The van der Waals surface area contributed by atoms with Crippen molar-refractivity contribution in [1.29, 1.82) is 0 Å². The quantitative estimate of drug-likeness (QED) is 0.167. The summed E-state index contributed by atoms with van der Waals surface area (Å²) in [5.41, 5.74) is -0.688. The van der Waals surface area contributed by atoms with Crippen LogP contribution in [0.25, 0.3) is 0 Å². The van der Waals surface area contributed by atoms with Gasteiger partial charge in [0.15, 0.2) is 6.23 Å². The number of carbonyl (C=O) groups is 1. The number of ether oxygens (including phenoxy) is 1. The third-order valence-corrected chi connectivity index (χ3v) is 6.18. The lowest BCUT2D eigenvalue weighted by Gasteiger charge is -2.17. The summed E-state index contributed by atoms with van der Waals surface area (Å²) in [5.74, 6) is 0.214. The molecule has 34 heavy (non-hydrogen) atoms. The number of nitrogens with zero attached hydrogens (tertiary/aromatic N) is 2. The van der Waals surface area contributed by atoms with E-state index in [1.807, 2.05) is 0 Å². The number of rotatable bonds is 17. The summed E-state index contributed by atoms with van der Waals surface area (Å²) < 4.78 is 6.40. The van der Waals surface area contributed by atoms with Gasteiger partial charge in [0.25, 0.3) is 0 Å². The van der Waals surface area contributed by atoms with Crippen LogP contribution in [0, 0.1) is 0 Å². The summed E-state index contributed by atoms with van der Waals surface area (Å²) in [7, 11) is 0. The van der Waals surface area contributed by atoms with Crippen molar-refractivity contribution in [3.8, 4) is 0 Å². The number of carbonyl (C=O) groups excluding carboxylic acids is 1. The minimum Gasteiger partial charge on any atom is -0.394 e. The first-order valence-corrected chi connectivity index (χ1v) is 12.7. The van der Waals surface area contributed by atoms with Gasteiger partial charge < -0.3 is 30.7 Å². The highest BCUT2D eigenvalue weighted by molar-refractivity contribution is 5.75. The van der Waals surface area contributed by atoms with E-state index in [1.54, 1.807) is 0 Å². The largest absolute Gasteiger partial charge is 0.394 e. The second kappa shape index (κ2) is 15.8. The van der Waals surface area contributed by atoms with Crippen molar-refractivity contribution in [3.63, 3.8) is 0 Å². The van der Waals surface area contributed by atoms with E-state index >= 15 is 0 Å². The van der Waals surface area contributed by atoms with Crippen LogP contribution in [0.15, 0.2) is 17.1 Å². The molecule has 0 saturated carbocycles. The molecule has 1 aromatic rings. The summed E-state index contributed by atoms with van der Waals surface area (Å²) >= 11 is 0. The lowest BCUT2D eigenvalue weighted by Crippen LogP contribution is -2.36. The van der Waals surface area contributed by atoms with Crippen molar-refractivity contribution < 1.29 is 24.9 Å². The molecule has 0 unspecified atom stereocenters. The Morgan fingerprint density at radius 3 is 2.21 bits per heavy atom. The number of aromatic nitrogens is 2. The number of anilines is 1. The predicted molar refractivity (Wildman–Crippen MR) is 129 cm³/mol. The Hall–Kier alpha value is -2.01. The molecule has 1 aliphatic rings. The van der Waals surface area contributed by atoms with Crippen LogP contribution in [0.2, 0.25) is 0 Å². The smallest absolute Gasteiger partial charge is 0.351 e. The second-order valence-electron chi connectivity index (χ2n) is 8.97. The Bertz CT molecular complexity index is 774. The molecule has 0 spiro atoms. The lowest BCUT2D eigenvalue weighted by atomic mass is 10.1. The van der Waals surface area contributed by atoms with Gasteiger partial charge >= 0.3 is 5.69 Å². The van der Waals surface area contributed by atoms with Crippen LogP contribution in [0.5, 0.6) is 0 Å². The fraction of sp³-hybridized carbons (Fsp3) is 0.792. The van der Waals surface area contributed by atoms with Crippen molar-refractivity contribution >= 4 is 11.7 Å². The number of aliphatic hydroxyl groups excluding tert-OH is 3. The van der Waals surface area contributed by atoms with Crippen molar-refractivity contribution in [2.45, 2.75) is 109 Å². The lowest BCUT2D eigenvalue weighted by molar-refractivity contribution is -0.121. The first-order chi connectivity index (χ1) is 16.5. The van der Waals surface area contributed by atoms with Gasteiger partial charge in [-0.25, -0.2) is 4.79 Å². The molecule has 0 aliphatic carbocycles. The van der Waals surface area contributed by atoms with E-state index < -0.39 is 36.8 Å². The van der Waals surface area contributed by atoms with Gasteiger partial charge in [-0.1, -0.05) is 71.1 Å². The fourth-order valence-corrected chi connectivity index (χ4v) is 4.09. The zero-order chi connectivity index (χ0) is 24.8. The maximum Gasteiger partial charge on any atom is 0.351 e. The Kier molecular flexibility index (Phi) is 13.1. The predicted octanol–water partition coefficient (Wildman–Crippen LogP) is 2.04. The molecule has 1 saturated heterocycles. The SMILES string of the molecule is CCCCCCCCCCCCCC(=O)NCNc1ccn([C@@H]2O[C@H](CO)[C@@H](O)[C@@H]2O)c(=O)n1. The maximum absolute atomic E-state index is 12.3. The Morgan fingerprint density at radius 1 is 1.03 bits per heavy atom. The number of amides is 1. The first-order valence-electron chi connectivity index (χ1n) is 12.7. The topological polar surface area (TPSA) is 146 Å². The molecule has 1 aromatic heterocycles. The van der Waals surface area contributed by atoms with E-state index in [1.165, 1.54) is 63.6 Å². The Morgan fingerprint density at radius 2 is 1.65 bits per heavy atom. The Labute approximate surface area is 201 Å². The van der Waals surface area contributed by atoms with Crippen molar-refractivity contribution in [1.82, 2.24) is 14.9 Å². The highest BCUT2D eigenvalue weighted by Gasteiger charge is 2.43. The van der Waals surface area contributed by atoms with Crippen LogP contribution >= 0.6 is 0 Å². The van der Waals surface area contributed by atoms with Crippen LogP contribution in [-0.2, 0) is 9.53 Å². The van der Waals surface area contributed by atoms with E-state index in [4.69, 9.17) is 4.74 Å². The minimum absolute atomic E-state index is 0.0525. The normalized spacial score (nSPS) is 22.1. The molecule has 1 fully saturated rings. The molecule has 2 rings (SSSR count). The zero-order valence-corrected chi connectivity index (χ0v) is 20.3. The van der Waals surface area contributed by atoms with Crippen LogP contribution in [0.3, 0.4) is 0 Å². The number of hydrogen-bond donors (Lipinski definition) is 5. The second-order valence-corrected chi connectivity index (χ2v) is 8.97. The fourth-order valence-electron chi connectivity index (χ4n) is 4.09. The molecule has 194 valence electrons. The average molecular weight is 483 g/mol. The van der Waals surface area contributed by atoms with Crippen LogP contribution in [0.4, 0.5) is 5.82 Å².